The predicted octanol–water partition coefficient (Wildman–Crippen LogP) is 0.967. The summed E-state index contributed by atoms with van der Waals surface area (Å²) in [5.74, 6) is 0.516. The lowest BCUT2D eigenvalue weighted by molar-refractivity contribution is -0.387. The number of benzene rings is 1. The van der Waals surface area contributed by atoms with Crippen molar-refractivity contribution in [1.29, 1.82) is 0 Å². The van der Waals surface area contributed by atoms with Crippen molar-refractivity contribution in [3.05, 3.63) is 34.4 Å². The maximum atomic E-state index is 12.7. The Bertz CT molecular complexity index is 661. The van der Waals surface area contributed by atoms with E-state index in [1.165, 1.54) is 28.6 Å². The van der Waals surface area contributed by atoms with Crippen LogP contribution in [0.2, 0.25) is 0 Å². The van der Waals surface area contributed by atoms with Crippen LogP contribution < -0.4 is 5.32 Å². The number of nitro benzene ring substituents is 1. The highest BCUT2D eigenvalue weighted by molar-refractivity contribution is 7.89. The van der Waals surface area contributed by atoms with E-state index in [1.807, 2.05) is 0 Å². The van der Waals surface area contributed by atoms with E-state index in [0.717, 1.165) is 19.4 Å². The molecule has 3 rings (SSSR count). The summed E-state index contributed by atoms with van der Waals surface area (Å²) in [6.45, 7) is 1.73. The average Bonchev–Trinajstić information content (AvgIpc) is 2.94. The van der Waals surface area contributed by atoms with Crippen LogP contribution in [0, 0.1) is 16.0 Å². The third-order valence-electron chi connectivity index (χ3n) is 4.32. The predicted molar refractivity (Wildman–Crippen MR) is 76.4 cm³/mol. The van der Waals surface area contributed by atoms with Gasteiger partial charge in [-0.05, 0) is 31.4 Å². The number of nitrogens with one attached hydrogen (secondary N) is 1. The second kappa shape index (κ2) is 5.36. The van der Waals surface area contributed by atoms with Gasteiger partial charge in [0.1, 0.15) is 0 Å². The fraction of sp³-hybridized carbons (Fsp3) is 0.538. The van der Waals surface area contributed by atoms with Gasteiger partial charge < -0.3 is 5.32 Å². The normalized spacial score (nSPS) is 26.5. The molecule has 0 bridgehead atoms. The van der Waals surface area contributed by atoms with E-state index >= 15 is 0 Å². The Kier molecular flexibility index (Phi) is 3.68. The third kappa shape index (κ3) is 2.54. The summed E-state index contributed by atoms with van der Waals surface area (Å²) in [6.07, 6.45) is 1.88. The fourth-order valence-electron chi connectivity index (χ4n) is 3.19. The molecule has 8 heteroatoms. The molecule has 1 aromatic carbocycles. The summed E-state index contributed by atoms with van der Waals surface area (Å²) >= 11 is 0. The molecule has 0 radical (unpaired) electrons. The van der Waals surface area contributed by atoms with E-state index in [0.29, 0.717) is 19.0 Å². The molecule has 1 N–H and O–H groups in total. The Morgan fingerprint density at radius 2 is 2.05 bits per heavy atom. The van der Waals surface area contributed by atoms with Gasteiger partial charge in [0.15, 0.2) is 4.90 Å². The SMILES string of the molecule is O=[N+]([O-])c1ccccc1S(=O)(=O)N1CC[C@@H]2CCN[C@@H]2C1. The third-order valence-corrected chi connectivity index (χ3v) is 6.23. The molecule has 2 heterocycles. The van der Waals surface area contributed by atoms with Gasteiger partial charge in [-0.15, -0.1) is 0 Å². The quantitative estimate of drug-likeness (QED) is 0.663. The lowest BCUT2D eigenvalue weighted by atomic mass is 9.94. The van der Waals surface area contributed by atoms with Crippen LogP contribution in [0.4, 0.5) is 5.69 Å². The molecular formula is C13H17N3O4S. The first-order valence-corrected chi connectivity index (χ1v) is 8.41. The minimum atomic E-state index is -3.82. The molecular weight excluding hydrogens is 294 g/mol. The van der Waals surface area contributed by atoms with Crippen molar-refractivity contribution >= 4 is 15.7 Å². The van der Waals surface area contributed by atoms with Crippen molar-refractivity contribution in [2.75, 3.05) is 19.6 Å². The zero-order chi connectivity index (χ0) is 15.0. The van der Waals surface area contributed by atoms with E-state index in [9.17, 15) is 18.5 Å². The van der Waals surface area contributed by atoms with Gasteiger partial charge in [0.25, 0.3) is 5.69 Å². The largest absolute Gasteiger partial charge is 0.312 e. The zero-order valence-corrected chi connectivity index (χ0v) is 12.3. The van der Waals surface area contributed by atoms with Crippen molar-refractivity contribution in [2.45, 2.75) is 23.8 Å². The Hall–Kier alpha value is -1.51. The van der Waals surface area contributed by atoms with E-state index in [-0.39, 0.29) is 16.6 Å². The van der Waals surface area contributed by atoms with E-state index < -0.39 is 14.9 Å². The topological polar surface area (TPSA) is 92.5 Å². The minimum absolute atomic E-state index is 0.163. The molecule has 114 valence electrons. The second-order valence-corrected chi connectivity index (χ2v) is 7.39. The van der Waals surface area contributed by atoms with Crippen LogP contribution in [0.3, 0.4) is 0 Å². The van der Waals surface area contributed by atoms with Crippen LogP contribution in [-0.4, -0.2) is 43.3 Å². The van der Waals surface area contributed by atoms with Gasteiger partial charge in [-0.2, -0.15) is 4.31 Å². The van der Waals surface area contributed by atoms with Crippen molar-refractivity contribution in [3.63, 3.8) is 0 Å². The maximum Gasteiger partial charge on any atom is 0.289 e. The number of para-hydroxylation sites is 1. The highest BCUT2D eigenvalue weighted by Gasteiger charge is 2.39. The average molecular weight is 311 g/mol. The van der Waals surface area contributed by atoms with E-state index in [1.54, 1.807) is 0 Å². The highest BCUT2D eigenvalue weighted by Crippen LogP contribution is 2.31. The van der Waals surface area contributed by atoms with Gasteiger partial charge >= 0.3 is 0 Å². The van der Waals surface area contributed by atoms with Gasteiger partial charge in [-0.1, -0.05) is 12.1 Å². The molecule has 1 aromatic rings. The summed E-state index contributed by atoms with van der Waals surface area (Å²) in [5.41, 5.74) is -0.362. The van der Waals surface area contributed by atoms with Crippen LogP contribution in [0.15, 0.2) is 29.2 Å². The molecule has 2 aliphatic heterocycles. The molecule has 0 spiro atoms. The first kappa shape index (κ1) is 14.4. The van der Waals surface area contributed by atoms with Gasteiger partial charge in [-0.3, -0.25) is 10.1 Å². The second-order valence-electron chi connectivity index (χ2n) is 5.49. The van der Waals surface area contributed by atoms with Crippen molar-refractivity contribution in [2.24, 2.45) is 5.92 Å². The monoisotopic (exact) mass is 311 g/mol. The summed E-state index contributed by atoms with van der Waals surface area (Å²) in [4.78, 5) is 10.2. The molecule has 0 unspecified atom stereocenters. The Morgan fingerprint density at radius 3 is 2.81 bits per heavy atom. The lowest BCUT2D eigenvalue weighted by Gasteiger charge is -2.33. The summed E-state index contributed by atoms with van der Waals surface area (Å²) in [5, 5.41) is 14.4. The number of hydrogen-bond donors (Lipinski definition) is 1. The molecule has 0 saturated carbocycles. The van der Waals surface area contributed by atoms with Gasteiger partial charge in [0.05, 0.1) is 4.92 Å². The summed E-state index contributed by atoms with van der Waals surface area (Å²) in [7, 11) is -3.82. The van der Waals surface area contributed by atoms with Gasteiger partial charge in [-0.25, -0.2) is 8.42 Å². The van der Waals surface area contributed by atoms with Crippen LogP contribution in [0.1, 0.15) is 12.8 Å². The molecule has 2 saturated heterocycles. The van der Waals surface area contributed by atoms with Crippen LogP contribution >= 0.6 is 0 Å². The number of nitrogens with zero attached hydrogens (tertiary/aromatic N) is 2. The molecule has 2 atom stereocenters. The number of sulfonamides is 1. The molecule has 21 heavy (non-hydrogen) atoms. The van der Waals surface area contributed by atoms with Crippen molar-refractivity contribution in [3.8, 4) is 0 Å². The van der Waals surface area contributed by atoms with Crippen LogP contribution in [0.5, 0.6) is 0 Å². The Morgan fingerprint density at radius 1 is 1.29 bits per heavy atom. The fourth-order valence-corrected chi connectivity index (χ4v) is 4.82. The van der Waals surface area contributed by atoms with Crippen molar-refractivity contribution < 1.29 is 13.3 Å². The van der Waals surface area contributed by atoms with Gasteiger partial charge in [0, 0.05) is 25.2 Å². The molecule has 0 amide bonds. The molecule has 0 aromatic heterocycles. The summed E-state index contributed by atoms with van der Waals surface area (Å²) in [6, 6.07) is 5.69. The number of piperidine rings is 1. The highest BCUT2D eigenvalue weighted by atomic mass is 32.2. The van der Waals surface area contributed by atoms with E-state index in [4.69, 9.17) is 0 Å². The molecule has 2 fully saturated rings. The molecule has 2 aliphatic rings. The van der Waals surface area contributed by atoms with Crippen molar-refractivity contribution in [1.82, 2.24) is 9.62 Å². The number of nitro groups is 1. The Balaban J connectivity index is 1.92. The first-order chi connectivity index (χ1) is 10.00. The summed E-state index contributed by atoms with van der Waals surface area (Å²) < 4.78 is 26.8. The minimum Gasteiger partial charge on any atom is -0.312 e. The molecule has 0 aliphatic carbocycles. The number of rotatable bonds is 3. The van der Waals surface area contributed by atoms with E-state index in [2.05, 4.69) is 5.32 Å². The number of hydrogen-bond acceptors (Lipinski definition) is 5. The molecule has 7 nitrogen and oxygen atoms in total. The van der Waals surface area contributed by atoms with Gasteiger partial charge in [0.2, 0.25) is 10.0 Å². The zero-order valence-electron chi connectivity index (χ0n) is 11.4. The lowest BCUT2D eigenvalue weighted by Crippen LogP contribution is -2.48. The van der Waals surface area contributed by atoms with Crippen LogP contribution in [-0.2, 0) is 10.0 Å². The first-order valence-electron chi connectivity index (χ1n) is 6.97. The standard InChI is InChI=1S/C13H17N3O4S/c17-16(18)12-3-1-2-4-13(12)21(19,20)15-8-6-10-5-7-14-11(10)9-15/h1-4,10-11,14H,5-9H2/t10-,11+/m0/s1. The Labute approximate surface area is 123 Å². The number of fused-ring (bicyclic) bond motifs is 1. The maximum absolute atomic E-state index is 12.7. The van der Waals surface area contributed by atoms with Crippen LogP contribution in [0.25, 0.3) is 0 Å². The smallest absolute Gasteiger partial charge is 0.289 e.